The SMILES string of the molecule is CCC1CCC(n2cc(NC(=O)c3cnn4ccc(N5CC6C[C@@H]5CO6)nc34)c(C(F)F)n2)CC1.[HH]. The van der Waals surface area contributed by atoms with Crippen molar-refractivity contribution < 1.29 is 19.7 Å². The van der Waals surface area contributed by atoms with Gasteiger partial charge in [-0.15, -0.1) is 0 Å². The Labute approximate surface area is 202 Å². The molecule has 2 aliphatic heterocycles. The van der Waals surface area contributed by atoms with E-state index in [0.29, 0.717) is 18.2 Å². The minimum absolute atomic E-state index is 0. The molecule has 1 saturated carbocycles. The van der Waals surface area contributed by atoms with Gasteiger partial charge in [-0.05, 0) is 44.1 Å². The lowest BCUT2D eigenvalue weighted by atomic mass is 9.85. The van der Waals surface area contributed by atoms with Crippen LogP contribution in [0.1, 0.15) is 75.4 Å². The van der Waals surface area contributed by atoms with E-state index in [1.807, 2.05) is 6.07 Å². The van der Waals surface area contributed by atoms with Crippen LogP contribution in [0.3, 0.4) is 0 Å². The molecule has 2 atom stereocenters. The van der Waals surface area contributed by atoms with Crippen molar-refractivity contribution in [2.75, 3.05) is 23.4 Å². The molecule has 1 N–H and O–H groups in total. The molecule has 188 valence electrons. The normalized spacial score (nSPS) is 26.2. The first-order valence-electron chi connectivity index (χ1n) is 12.4. The van der Waals surface area contributed by atoms with Gasteiger partial charge in [0.05, 0.1) is 36.7 Å². The van der Waals surface area contributed by atoms with Gasteiger partial charge in [0, 0.05) is 20.4 Å². The number of alkyl halides is 2. The van der Waals surface area contributed by atoms with Crippen LogP contribution in [0.4, 0.5) is 20.3 Å². The van der Waals surface area contributed by atoms with Crippen LogP contribution >= 0.6 is 0 Å². The van der Waals surface area contributed by atoms with Gasteiger partial charge < -0.3 is 15.0 Å². The van der Waals surface area contributed by atoms with Gasteiger partial charge in [-0.2, -0.15) is 10.2 Å². The molecule has 1 aliphatic carbocycles. The topological polar surface area (TPSA) is 89.6 Å². The molecule has 3 fully saturated rings. The molecule has 2 saturated heterocycles. The summed E-state index contributed by atoms with van der Waals surface area (Å²) in [5, 5.41) is 11.0. The Morgan fingerprint density at radius 2 is 2.11 bits per heavy atom. The number of hydrogen-bond acceptors (Lipinski definition) is 6. The third-order valence-corrected chi connectivity index (χ3v) is 7.78. The summed E-state index contributed by atoms with van der Waals surface area (Å²) in [4.78, 5) is 20.1. The molecule has 0 radical (unpaired) electrons. The number of amides is 1. The molecule has 2 bridgehead atoms. The average molecular weight is 488 g/mol. The largest absolute Gasteiger partial charge is 0.374 e. The molecule has 0 aromatic carbocycles. The second kappa shape index (κ2) is 8.85. The molecule has 0 spiro atoms. The fraction of sp³-hybridized carbons (Fsp3) is 0.583. The van der Waals surface area contributed by atoms with Crippen LogP contribution < -0.4 is 10.2 Å². The van der Waals surface area contributed by atoms with Crippen LogP contribution in [-0.2, 0) is 4.74 Å². The van der Waals surface area contributed by atoms with Crippen molar-refractivity contribution in [3.8, 4) is 0 Å². The number of nitrogens with one attached hydrogen (secondary N) is 1. The Balaban J connectivity index is 0.00000267. The number of morpholine rings is 1. The van der Waals surface area contributed by atoms with Crippen molar-refractivity contribution in [2.24, 2.45) is 5.92 Å². The molecule has 1 unspecified atom stereocenters. The summed E-state index contributed by atoms with van der Waals surface area (Å²) in [5.74, 6) is 0.908. The van der Waals surface area contributed by atoms with Crippen molar-refractivity contribution in [3.05, 3.63) is 35.9 Å². The average Bonchev–Trinajstić information content (AvgIpc) is 3.66. The summed E-state index contributed by atoms with van der Waals surface area (Å²) < 4.78 is 36.4. The summed E-state index contributed by atoms with van der Waals surface area (Å²) in [5.41, 5.74) is 0.234. The fourth-order valence-electron chi connectivity index (χ4n) is 5.72. The van der Waals surface area contributed by atoms with Crippen molar-refractivity contribution in [2.45, 2.75) is 70.1 Å². The Morgan fingerprint density at radius 3 is 2.80 bits per heavy atom. The lowest BCUT2D eigenvalue weighted by molar-refractivity contribution is 0.0988. The zero-order valence-electron chi connectivity index (χ0n) is 19.6. The lowest BCUT2D eigenvalue weighted by Crippen LogP contribution is -2.37. The quantitative estimate of drug-likeness (QED) is 0.552. The van der Waals surface area contributed by atoms with E-state index in [-0.39, 0.29) is 30.9 Å². The minimum Gasteiger partial charge on any atom is -0.374 e. The third kappa shape index (κ3) is 4.05. The first kappa shape index (κ1) is 22.4. The van der Waals surface area contributed by atoms with E-state index >= 15 is 0 Å². The van der Waals surface area contributed by atoms with Crippen molar-refractivity contribution in [3.63, 3.8) is 0 Å². The number of hydrogen-bond donors (Lipinski definition) is 1. The number of carbonyl (C=O) groups excluding carboxylic acids is 1. The molecule has 3 aromatic heterocycles. The molecule has 3 aliphatic rings. The first-order valence-corrected chi connectivity index (χ1v) is 12.4. The van der Waals surface area contributed by atoms with Crippen LogP contribution in [0, 0.1) is 5.92 Å². The zero-order chi connectivity index (χ0) is 24.1. The van der Waals surface area contributed by atoms with Gasteiger partial charge >= 0.3 is 0 Å². The van der Waals surface area contributed by atoms with Crippen molar-refractivity contribution in [1.29, 1.82) is 0 Å². The highest BCUT2D eigenvalue weighted by Crippen LogP contribution is 2.36. The molecular formula is C24H31F2N7O2. The van der Waals surface area contributed by atoms with Crippen molar-refractivity contribution in [1.82, 2.24) is 24.4 Å². The Hall–Kier alpha value is -3.08. The standard InChI is InChI=1S/C24H29F2N7O2.H2/c1-2-14-3-5-15(6-4-14)33-12-19(21(30-33)22(25)26)28-24(34)18-10-27-32-8-7-20(29-23(18)32)31-11-17-9-16(31)13-35-17;/h7-8,10,12,14-17,22H,2-6,9,11,13H2,1H3,(H,28,34);1H/t14?,15?,16-,17?;/m1./s1. The molecular weight excluding hydrogens is 456 g/mol. The van der Waals surface area contributed by atoms with Crippen LogP contribution in [0.25, 0.3) is 5.65 Å². The highest BCUT2D eigenvalue weighted by Gasteiger charge is 2.39. The molecule has 35 heavy (non-hydrogen) atoms. The second-order valence-electron chi connectivity index (χ2n) is 9.86. The number of aromatic nitrogens is 5. The summed E-state index contributed by atoms with van der Waals surface area (Å²) in [6.45, 7) is 3.62. The van der Waals surface area contributed by atoms with E-state index in [1.165, 1.54) is 10.7 Å². The van der Waals surface area contributed by atoms with Gasteiger partial charge in [-0.3, -0.25) is 9.48 Å². The molecule has 1 amide bonds. The van der Waals surface area contributed by atoms with E-state index in [4.69, 9.17) is 9.72 Å². The maximum atomic E-state index is 13.8. The molecule has 5 heterocycles. The maximum Gasteiger partial charge on any atom is 0.284 e. The van der Waals surface area contributed by atoms with Gasteiger partial charge in [0.1, 0.15) is 11.4 Å². The number of anilines is 2. The number of rotatable bonds is 6. The predicted octanol–water partition coefficient (Wildman–Crippen LogP) is 4.48. The summed E-state index contributed by atoms with van der Waals surface area (Å²) in [6, 6.07) is 2.22. The van der Waals surface area contributed by atoms with Crippen LogP contribution in [0.2, 0.25) is 0 Å². The minimum atomic E-state index is -2.79. The van der Waals surface area contributed by atoms with Gasteiger partial charge in [0.2, 0.25) is 0 Å². The zero-order valence-corrected chi connectivity index (χ0v) is 19.6. The molecule has 6 rings (SSSR count). The molecule has 3 aromatic rings. The molecule has 9 nitrogen and oxygen atoms in total. The van der Waals surface area contributed by atoms with E-state index in [1.54, 1.807) is 17.1 Å². The smallest absolute Gasteiger partial charge is 0.284 e. The molecule has 11 heteroatoms. The van der Waals surface area contributed by atoms with Crippen molar-refractivity contribution >= 4 is 23.1 Å². The van der Waals surface area contributed by atoms with Gasteiger partial charge in [0.25, 0.3) is 12.3 Å². The van der Waals surface area contributed by atoms with Crippen LogP contribution in [0.5, 0.6) is 0 Å². The van der Waals surface area contributed by atoms with E-state index < -0.39 is 18.0 Å². The third-order valence-electron chi connectivity index (χ3n) is 7.78. The van der Waals surface area contributed by atoms with Crippen LogP contribution in [0.15, 0.2) is 24.7 Å². The number of ether oxygens (including phenoxy) is 1. The van der Waals surface area contributed by atoms with E-state index in [9.17, 15) is 13.6 Å². The lowest BCUT2D eigenvalue weighted by Gasteiger charge is -2.27. The highest BCUT2D eigenvalue weighted by atomic mass is 19.3. The first-order chi connectivity index (χ1) is 17.0. The number of halogens is 2. The van der Waals surface area contributed by atoms with Gasteiger partial charge in [0.15, 0.2) is 11.3 Å². The predicted molar refractivity (Wildman–Crippen MR) is 127 cm³/mol. The van der Waals surface area contributed by atoms with Crippen LogP contribution in [-0.4, -0.2) is 55.6 Å². The Kier molecular flexibility index (Phi) is 5.66. The Morgan fingerprint density at radius 1 is 1.29 bits per heavy atom. The maximum absolute atomic E-state index is 13.8. The van der Waals surface area contributed by atoms with Gasteiger partial charge in [-0.25, -0.2) is 18.3 Å². The second-order valence-corrected chi connectivity index (χ2v) is 9.86. The van der Waals surface area contributed by atoms with E-state index in [0.717, 1.165) is 50.9 Å². The Bertz CT molecular complexity index is 1240. The number of nitrogens with zero attached hydrogens (tertiary/aromatic N) is 6. The van der Waals surface area contributed by atoms with E-state index in [2.05, 4.69) is 27.3 Å². The monoisotopic (exact) mass is 487 g/mol. The number of carbonyl (C=O) groups is 1. The number of fused-ring (bicyclic) bond motifs is 3. The summed E-state index contributed by atoms with van der Waals surface area (Å²) >= 11 is 0. The fourth-order valence-corrected chi connectivity index (χ4v) is 5.72. The highest BCUT2D eigenvalue weighted by molar-refractivity contribution is 6.08. The summed E-state index contributed by atoms with van der Waals surface area (Å²) in [7, 11) is 0. The van der Waals surface area contributed by atoms with Gasteiger partial charge in [-0.1, -0.05) is 13.3 Å². The summed E-state index contributed by atoms with van der Waals surface area (Å²) in [6.07, 6.45) is 8.18.